The average molecular weight is 344 g/mol. The quantitative estimate of drug-likeness (QED) is 0.707. The highest BCUT2D eigenvalue weighted by Gasteiger charge is 2.70. The molecule has 1 aromatic rings. The summed E-state index contributed by atoms with van der Waals surface area (Å²) in [6.45, 7) is 2.07. The predicted octanol–water partition coefficient (Wildman–Crippen LogP) is 3.77. The predicted molar refractivity (Wildman–Crippen MR) is 94.5 cm³/mol. The Labute approximate surface area is 149 Å². The Hall–Kier alpha value is -1.39. The molecule has 4 atom stereocenters. The molecular formula is C21H28O4. The number of methoxy groups -OCH3 is 1. The number of hydrogen-bond acceptors (Lipinski definition) is 4. The Morgan fingerprint density at radius 3 is 2.88 bits per heavy atom. The molecule has 1 aliphatic heterocycles. The minimum atomic E-state index is -0.189. The Bertz CT molecular complexity index is 611. The fourth-order valence-corrected chi connectivity index (χ4v) is 4.99. The standard InChI is InChI=1S/C21H28O4/c1-23-16-9-7-15(8-10-16)13-24-12-4-6-18-20(22)19-17-5-2-3-11-21(17,19)14-25-18/h7-10,17-19H,2-6,11-14H2,1H3/t17?,18-,19?,21?/m1/s1. The molecule has 0 amide bonds. The molecule has 0 bridgehead atoms. The molecule has 4 rings (SSSR count). The number of carbonyl (C=O) groups excluding carboxylic acids is 1. The zero-order valence-electron chi connectivity index (χ0n) is 15.0. The summed E-state index contributed by atoms with van der Waals surface area (Å²) >= 11 is 0. The van der Waals surface area contributed by atoms with Gasteiger partial charge in [0.25, 0.3) is 0 Å². The first-order valence-electron chi connectivity index (χ1n) is 9.60. The number of ketones is 1. The van der Waals surface area contributed by atoms with Crippen molar-refractivity contribution in [3.8, 4) is 5.75 Å². The lowest BCUT2D eigenvalue weighted by Crippen LogP contribution is -2.36. The lowest BCUT2D eigenvalue weighted by Gasteiger charge is -2.29. The molecular weight excluding hydrogens is 316 g/mol. The van der Waals surface area contributed by atoms with Crippen LogP contribution in [0.1, 0.15) is 44.1 Å². The van der Waals surface area contributed by atoms with E-state index in [1.54, 1.807) is 7.11 Å². The number of Topliss-reactive ketones (excluding diaryl/α,β-unsaturated/α-hetero) is 1. The van der Waals surface area contributed by atoms with Crippen LogP contribution >= 0.6 is 0 Å². The average Bonchev–Trinajstić information content (AvgIpc) is 3.34. The van der Waals surface area contributed by atoms with E-state index in [4.69, 9.17) is 14.2 Å². The number of benzene rings is 1. The van der Waals surface area contributed by atoms with Crippen LogP contribution in [0, 0.1) is 17.3 Å². The maximum atomic E-state index is 12.7. The molecule has 2 saturated carbocycles. The lowest BCUT2D eigenvalue weighted by molar-refractivity contribution is -0.141. The van der Waals surface area contributed by atoms with Crippen LogP contribution < -0.4 is 4.74 Å². The third-order valence-electron chi connectivity index (χ3n) is 6.42. The van der Waals surface area contributed by atoms with E-state index in [-0.39, 0.29) is 11.5 Å². The van der Waals surface area contributed by atoms with Gasteiger partial charge in [-0.1, -0.05) is 25.0 Å². The minimum Gasteiger partial charge on any atom is -0.497 e. The smallest absolute Gasteiger partial charge is 0.165 e. The Kier molecular flexibility index (Phi) is 4.83. The van der Waals surface area contributed by atoms with Crippen LogP contribution in [-0.2, 0) is 20.9 Å². The van der Waals surface area contributed by atoms with Gasteiger partial charge in [-0.05, 0) is 49.3 Å². The third kappa shape index (κ3) is 3.22. The van der Waals surface area contributed by atoms with Gasteiger partial charge in [0.15, 0.2) is 5.78 Å². The summed E-state index contributed by atoms with van der Waals surface area (Å²) in [6.07, 6.45) is 6.47. The molecule has 1 spiro atoms. The van der Waals surface area contributed by atoms with Gasteiger partial charge in [-0.15, -0.1) is 0 Å². The van der Waals surface area contributed by atoms with E-state index in [0.29, 0.717) is 30.8 Å². The van der Waals surface area contributed by atoms with Gasteiger partial charge in [-0.3, -0.25) is 4.79 Å². The van der Waals surface area contributed by atoms with E-state index in [1.165, 1.54) is 25.7 Å². The monoisotopic (exact) mass is 344 g/mol. The van der Waals surface area contributed by atoms with Gasteiger partial charge in [0.1, 0.15) is 11.9 Å². The molecule has 25 heavy (non-hydrogen) atoms. The second-order valence-electron chi connectivity index (χ2n) is 7.81. The van der Waals surface area contributed by atoms with Crippen LogP contribution in [0.3, 0.4) is 0 Å². The first-order chi connectivity index (χ1) is 12.2. The van der Waals surface area contributed by atoms with Crippen molar-refractivity contribution in [1.29, 1.82) is 0 Å². The van der Waals surface area contributed by atoms with Gasteiger partial charge in [0, 0.05) is 17.9 Å². The second-order valence-corrected chi connectivity index (χ2v) is 7.81. The number of ether oxygens (including phenoxy) is 3. The minimum absolute atomic E-state index is 0.189. The fraction of sp³-hybridized carbons (Fsp3) is 0.667. The molecule has 136 valence electrons. The molecule has 0 N–H and O–H groups in total. The SMILES string of the molecule is COc1ccc(COCCC[C@H]2OCC34CCCCC3C4C2=O)cc1. The van der Waals surface area contributed by atoms with E-state index < -0.39 is 0 Å². The van der Waals surface area contributed by atoms with Crippen LogP contribution in [0.25, 0.3) is 0 Å². The summed E-state index contributed by atoms with van der Waals surface area (Å²) in [4.78, 5) is 12.7. The lowest BCUT2D eigenvalue weighted by atomic mass is 9.87. The van der Waals surface area contributed by atoms with Crippen LogP contribution in [0.4, 0.5) is 0 Å². The first kappa shape index (κ1) is 17.0. The summed E-state index contributed by atoms with van der Waals surface area (Å²) in [7, 11) is 1.67. The highest BCUT2D eigenvalue weighted by atomic mass is 16.5. The molecule has 0 radical (unpaired) electrons. The molecule has 4 heteroatoms. The number of carbonyl (C=O) groups is 1. The van der Waals surface area contributed by atoms with Crippen LogP contribution in [-0.4, -0.2) is 32.2 Å². The van der Waals surface area contributed by atoms with Gasteiger partial charge < -0.3 is 14.2 Å². The highest BCUT2D eigenvalue weighted by molar-refractivity contribution is 5.90. The van der Waals surface area contributed by atoms with E-state index in [0.717, 1.165) is 30.8 Å². The molecule has 3 fully saturated rings. The van der Waals surface area contributed by atoms with Gasteiger partial charge in [0.05, 0.1) is 20.3 Å². The Morgan fingerprint density at radius 1 is 1.24 bits per heavy atom. The van der Waals surface area contributed by atoms with Crippen LogP contribution in [0.5, 0.6) is 5.75 Å². The van der Waals surface area contributed by atoms with E-state index in [2.05, 4.69) is 0 Å². The number of fused-ring (bicyclic) bond motifs is 1. The Balaban J connectivity index is 1.17. The van der Waals surface area contributed by atoms with Gasteiger partial charge in [-0.25, -0.2) is 0 Å². The van der Waals surface area contributed by atoms with Crippen LogP contribution in [0.2, 0.25) is 0 Å². The maximum Gasteiger partial charge on any atom is 0.165 e. The van der Waals surface area contributed by atoms with E-state index >= 15 is 0 Å². The second kappa shape index (κ2) is 7.08. The van der Waals surface area contributed by atoms with Crippen molar-refractivity contribution in [2.24, 2.45) is 17.3 Å². The maximum absolute atomic E-state index is 12.7. The molecule has 1 heterocycles. The van der Waals surface area contributed by atoms with Crippen molar-refractivity contribution < 1.29 is 19.0 Å². The van der Waals surface area contributed by atoms with E-state index in [1.807, 2.05) is 24.3 Å². The largest absolute Gasteiger partial charge is 0.497 e. The van der Waals surface area contributed by atoms with Crippen molar-refractivity contribution >= 4 is 5.78 Å². The zero-order valence-corrected chi connectivity index (χ0v) is 15.0. The molecule has 2 aliphatic carbocycles. The summed E-state index contributed by atoms with van der Waals surface area (Å²) < 4.78 is 16.9. The van der Waals surface area contributed by atoms with Gasteiger partial charge in [-0.2, -0.15) is 0 Å². The molecule has 0 aromatic heterocycles. The molecule has 1 saturated heterocycles. The zero-order chi connectivity index (χ0) is 17.3. The van der Waals surface area contributed by atoms with Crippen molar-refractivity contribution in [3.05, 3.63) is 29.8 Å². The fourth-order valence-electron chi connectivity index (χ4n) is 4.99. The highest BCUT2D eigenvalue weighted by Crippen LogP contribution is 2.68. The van der Waals surface area contributed by atoms with Crippen LogP contribution in [0.15, 0.2) is 24.3 Å². The topological polar surface area (TPSA) is 44.8 Å². The van der Waals surface area contributed by atoms with Crippen molar-refractivity contribution in [1.82, 2.24) is 0 Å². The van der Waals surface area contributed by atoms with Crippen molar-refractivity contribution in [2.45, 2.75) is 51.2 Å². The molecule has 3 aliphatic rings. The summed E-state index contributed by atoms with van der Waals surface area (Å²) in [6, 6.07) is 7.91. The molecule has 3 unspecified atom stereocenters. The number of hydrogen-bond donors (Lipinski definition) is 0. The Morgan fingerprint density at radius 2 is 2.08 bits per heavy atom. The number of rotatable bonds is 7. The normalized spacial score (nSPS) is 33.5. The van der Waals surface area contributed by atoms with Crippen molar-refractivity contribution in [2.75, 3.05) is 20.3 Å². The summed E-state index contributed by atoms with van der Waals surface area (Å²) in [5.41, 5.74) is 1.38. The van der Waals surface area contributed by atoms with Gasteiger partial charge >= 0.3 is 0 Å². The molecule has 1 aromatic carbocycles. The van der Waals surface area contributed by atoms with E-state index in [9.17, 15) is 4.79 Å². The summed E-state index contributed by atoms with van der Waals surface area (Å²) in [5.74, 6) is 2.18. The third-order valence-corrected chi connectivity index (χ3v) is 6.42. The molecule has 4 nitrogen and oxygen atoms in total. The summed E-state index contributed by atoms with van der Waals surface area (Å²) in [5, 5.41) is 0. The first-order valence-corrected chi connectivity index (χ1v) is 9.60. The van der Waals surface area contributed by atoms with Gasteiger partial charge in [0.2, 0.25) is 0 Å². The van der Waals surface area contributed by atoms with Crippen molar-refractivity contribution in [3.63, 3.8) is 0 Å².